The van der Waals surface area contributed by atoms with Gasteiger partial charge in [-0.1, -0.05) is 44.0 Å². The number of H-pyrrole nitrogens is 1. The van der Waals surface area contributed by atoms with E-state index in [0.717, 1.165) is 54.0 Å². The summed E-state index contributed by atoms with van der Waals surface area (Å²) in [6.07, 6.45) is 10.3. The van der Waals surface area contributed by atoms with E-state index in [9.17, 15) is 0 Å². The monoisotopic (exact) mass is 441 g/mol. The van der Waals surface area contributed by atoms with Gasteiger partial charge in [0.15, 0.2) is 0 Å². The molecule has 1 N–H and O–H groups in total. The molecule has 2 aromatic heterocycles. The molecule has 0 aliphatic rings. The van der Waals surface area contributed by atoms with Gasteiger partial charge in [-0.05, 0) is 87.0 Å². The number of pyridine rings is 1. The van der Waals surface area contributed by atoms with E-state index in [1.54, 1.807) is 0 Å². The number of ether oxygens (including phenoxy) is 1. The molecule has 0 saturated carbocycles. The van der Waals surface area contributed by atoms with Crippen LogP contribution in [-0.2, 0) is 0 Å². The summed E-state index contributed by atoms with van der Waals surface area (Å²) in [5.74, 6) is 0.921. The predicted octanol–water partition coefficient (Wildman–Crippen LogP) is 7.31. The van der Waals surface area contributed by atoms with Crippen molar-refractivity contribution in [3.05, 3.63) is 66.4 Å². The average molecular weight is 442 g/mol. The molecule has 172 valence electrons. The molecule has 0 unspecified atom stereocenters. The van der Waals surface area contributed by atoms with Crippen LogP contribution in [0.1, 0.15) is 44.7 Å². The van der Waals surface area contributed by atoms with Crippen molar-refractivity contribution < 1.29 is 4.74 Å². The van der Waals surface area contributed by atoms with Crippen molar-refractivity contribution >= 4 is 28.0 Å². The SMILES string of the molecule is CCCCC/C=C/c1ccc2c(n1)[nH]c1ccc(-c3ccc(OCCCN(C)C)cc3)cc12. The highest BCUT2D eigenvalue weighted by Crippen LogP contribution is 2.30. The van der Waals surface area contributed by atoms with Gasteiger partial charge in [0.05, 0.1) is 12.3 Å². The highest BCUT2D eigenvalue weighted by Gasteiger charge is 2.08. The average Bonchev–Trinajstić information content (AvgIpc) is 3.19. The summed E-state index contributed by atoms with van der Waals surface area (Å²) in [6.45, 7) is 4.01. The van der Waals surface area contributed by atoms with E-state index < -0.39 is 0 Å². The number of aromatic amines is 1. The zero-order chi connectivity index (χ0) is 23.0. The molecule has 0 spiro atoms. The number of benzene rings is 2. The quantitative estimate of drug-likeness (QED) is 0.248. The van der Waals surface area contributed by atoms with Gasteiger partial charge >= 0.3 is 0 Å². The van der Waals surface area contributed by atoms with Crippen molar-refractivity contribution in [2.75, 3.05) is 27.2 Å². The van der Waals surface area contributed by atoms with Gasteiger partial charge in [0.1, 0.15) is 11.4 Å². The molecule has 0 atom stereocenters. The van der Waals surface area contributed by atoms with Crippen LogP contribution in [0.25, 0.3) is 39.1 Å². The van der Waals surface area contributed by atoms with Crippen molar-refractivity contribution in [1.82, 2.24) is 14.9 Å². The zero-order valence-electron chi connectivity index (χ0n) is 20.1. The van der Waals surface area contributed by atoms with Gasteiger partial charge in [-0.2, -0.15) is 0 Å². The minimum atomic E-state index is 0.738. The van der Waals surface area contributed by atoms with Gasteiger partial charge < -0.3 is 14.6 Å². The second-order valence-electron chi connectivity index (χ2n) is 8.95. The van der Waals surface area contributed by atoms with E-state index in [2.05, 4.69) is 97.7 Å². The Labute approximate surface area is 197 Å². The molecule has 0 radical (unpaired) electrons. The largest absolute Gasteiger partial charge is 0.494 e. The second kappa shape index (κ2) is 11.2. The molecule has 2 heterocycles. The van der Waals surface area contributed by atoms with Crippen LogP contribution in [0.3, 0.4) is 0 Å². The Kier molecular flexibility index (Phi) is 7.79. The fourth-order valence-electron chi connectivity index (χ4n) is 4.09. The Balaban J connectivity index is 1.48. The van der Waals surface area contributed by atoms with E-state index in [0.29, 0.717) is 0 Å². The number of hydrogen-bond acceptors (Lipinski definition) is 3. The first-order valence-corrected chi connectivity index (χ1v) is 12.1. The van der Waals surface area contributed by atoms with E-state index >= 15 is 0 Å². The number of nitrogens with one attached hydrogen (secondary N) is 1. The van der Waals surface area contributed by atoms with Crippen molar-refractivity contribution in [3.63, 3.8) is 0 Å². The van der Waals surface area contributed by atoms with Crippen LogP contribution in [0.5, 0.6) is 5.75 Å². The maximum absolute atomic E-state index is 5.88. The molecule has 0 fully saturated rings. The summed E-state index contributed by atoms with van der Waals surface area (Å²) < 4.78 is 5.88. The molecule has 4 rings (SSSR count). The molecular formula is C29H35N3O. The first kappa shape index (κ1) is 23.1. The van der Waals surface area contributed by atoms with Gasteiger partial charge in [0.2, 0.25) is 0 Å². The number of allylic oxidation sites excluding steroid dienone is 1. The molecule has 33 heavy (non-hydrogen) atoms. The summed E-state index contributed by atoms with van der Waals surface area (Å²) >= 11 is 0. The number of hydrogen-bond donors (Lipinski definition) is 1. The predicted molar refractivity (Wildman–Crippen MR) is 141 cm³/mol. The Hall–Kier alpha value is -3.11. The lowest BCUT2D eigenvalue weighted by atomic mass is 10.0. The minimum Gasteiger partial charge on any atom is -0.494 e. The summed E-state index contributed by atoms with van der Waals surface area (Å²) in [4.78, 5) is 10.5. The third-order valence-corrected chi connectivity index (χ3v) is 5.95. The smallest absolute Gasteiger partial charge is 0.139 e. The van der Waals surface area contributed by atoms with Crippen LogP contribution in [0.15, 0.2) is 60.7 Å². The number of rotatable bonds is 11. The lowest BCUT2D eigenvalue weighted by Gasteiger charge is -2.11. The third-order valence-electron chi connectivity index (χ3n) is 5.95. The van der Waals surface area contributed by atoms with Crippen molar-refractivity contribution in [3.8, 4) is 16.9 Å². The molecule has 0 bridgehead atoms. The van der Waals surface area contributed by atoms with Gasteiger partial charge in [-0.3, -0.25) is 0 Å². The maximum Gasteiger partial charge on any atom is 0.139 e. The molecule has 0 amide bonds. The fourth-order valence-corrected chi connectivity index (χ4v) is 4.09. The molecular weight excluding hydrogens is 406 g/mol. The Morgan fingerprint density at radius 2 is 1.73 bits per heavy atom. The van der Waals surface area contributed by atoms with E-state index in [4.69, 9.17) is 9.72 Å². The molecule has 0 aliphatic carbocycles. The Bertz CT molecular complexity index is 1200. The molecule has 4 heteroatoms. The van der Waals surface area contributed by atoms with Gasteiger partial charge in [-0.15, -0.1) is 0 Å². The van der Waals surface area contributed by atoms with Crippen LogP contribution < -0.4 is 4.74 Å². The maximum atomic E-state index is 5.88. The van der Waals surface area contributed by atoms with Crippen LogP contribution in [0.2, 0.25) is 0 Å². The van der Waals surface area contributed by atoms with Crippen LogP contribution >= 0.6 is 0 Å². The number of aromatic nitrogens is 2. The molecule has 0 saturated heterocycles. The Morgan fingerprint density at radius 3 is 2.52 bits per heavy atom. The topological polar surface area (TPSA) is 41.1 Å². The lowest BCUT2D eigenvalue weighted by Crippen LogP contribution is -2.15. The molecule has 0 aliphatic heterocycles. The third kappa shape index (κ3) is 6.02. The summed E-state index contributed by atoms with van der Waals surface area (Å²) in [5, 5.41) is 2.37. The number of nitrogens with zero attached hydrogens (tertiary/aromatic N) is 2. The highest BCUT2D eigenvalue weighted by atomic mass is 16.5. The van der Waals surface area contributed by atoms with Crippen LogP contribution in [0, 0.1) is 0 Å². The normalized spacial score (nSPS) is 11.9. The first-order chi connectivity index (χ1) is 16.1. The fraction of sp³-hybridized carbons (Fsp3) is 0.345. The minimum absolute atomic E-state index is 0.738. The van der Waals surface area contributed by atoms with Crippen molar-refractivity contribution in [1.29, 1.82) is 0 Å². The van der Waals surface area contributed by atoms with Crippen LogP contribution in [0.4, 0.5) is 0 Å². The first-order valence-electron chi connectivity index (χ1n) is 12.1. The van der Waals surface area contributed by atoms with E-state index in [1.165, 1.54) is 35.8 Å². The van der Waals surface area contributed by atoms with Gasteiger partial charge in [0, 0.05) is 22.8 Å². The highest BCUT2D eigenvalue weighted by molar-refractivity contribution is 6.07. The molecule has 2 aromatic carbocycles. The summed E-state index contributed by atoms with van der Waals surface area (Å²) in [6, 6.07) is 19.3. The lowest BCUT2D eigenvalue weighted by molar-refractivity contribution is 0.281. The standard InChI is InChI=1S/C29H35N3O/c1-4-5-6-7-8-10-24-14-17-26-27-21-23(13-18-28(27)31-29(26)30-24)22-11-15-25(16-12-22)33-20-9-19-32(2)3/h8,10-18,21H,4-7,9,19-20H2,1-3H3,(H,30,31)/b10-8+. The molecule has 4 nitrogen and oxygen atoms in total. The second-order valence-corrected chi connectivity index (χ2v) is 8.95. The van der Waals surface area contributed by atoms with Crippen molar-refractivity contribution in [2.24, 2.45) is 0 Å². The molecule has 4 aromatic rings. The summed E-state index contributed by atoms with van der Waals surface area (Å²) in [7, 11) is 4.17. The van der Waals surface area contributed by atoms with Gasteiger partial charge in [0.25, 0.3) is 0 Å². The number of fused-ring (bicyclic) bond motifs is 3. The Morgan fingerprint density at radius 1 is 0.909 bits per heavy atom. The van der Waals surface area contributed by atoms with Crippen LogP contribution in [-0.4, -0.2) is 42.1 Å². The van der Waals surface area contributed by atoms with Crippen molar-refractivity contribution in [2.45, 2.75) is 39.0 Å². The summed E-state index contributed by atoms with van der Waals surface area (Å²) in [5.41, 5.74) is 5.45. The van der Waals surface area contributed by atoms with E-state index in [1.807, 2.05) is 0 Å². The number of unbranched alkanes of at least 4 members (excludes halogenated alkanes) is 3. The van der Waals surface area contributed by atoms with E-state index in [-0.39, 0.29) is 0 Å². The van der Waals surface area contributed by atoms with Gasteiger partial charge in [-0.25, -0.2) is 4.98 Å². The zero-order valence-corrected chi connectivity index (χ0v) is 20.1.